The number of nitrogens with two attached hydrogens (primary N) is 1. The van der Waals surface area contributed by atoms with Gasteiger partial charge in [0.15, 0.2) is 0 Å². The van der Waals surface area contributed by atoms with Gasteiger partial charge in [0.05, 0.1) is 18.5 Å². The number of carbonyl (C=O) groups is 1. The molecule has 2 N–H and O–H groups in total. The summed E-state index contributed by atoms with van der Waals surface area (Å²) in [5.74, 6) is 0.176. The topological polar surface area (TPSA) is 70.1 Å². The van der Waals surface area contributed by atoms with E-state index in [2.05, 4.69) is 0 Å². The van der Waals surface area contributed by atoms with Crippen molar-refractivity contribution in [3.63, 3.8) is 0 Å². The molecule has 5 nitrogen and oxygen atoms in total. The second kappa shape index (κ2) is 9.88. The fraction of sp³-hybridized carbons (Fsp3) is 0.103. The maximum Gasteiger partial charge on any atom is 0.248 e. The first-order valence-electron chi connectivity index (χ1n) is 11.4. The molecule has 0 fully saturated rings. The van der Waals surface area contributed by atoms with E-state index in [9.17, 15) is 4.79 Å². The van der Waals surface area contributed by atoms with Gasteiger partial charge in [0.1, 0.15) is 5.75 Å². The molecule has 1 amide bonds. The van der Waals surface area contributed by atoms with Crippen LogP contribution in [0, 0.1) is 6.92 Å². The molecule has 5 aromatic rings. The summed E-state index contributed by atoms with van der Waals surface area (Å²) in [5, 5.41) is 7.57. The van der Waals surface area contributed by atoms with Gasteiger partial charge in [-0.25, -0.2) is 9.07 Å². The highest BCUT2D eigenvalue weighted by Crippen LogP contribution is 2.38. The quantitative estimate of drug-likeness (QED) is 0.244. The van der Waals surface area contributed by atoms with E-state index in [0.29, 0.717) is 38.1 Å². The predicted octanol–water partition coefficient (Wildman–Crippen LogP) is 7.61. The first-order valence-corrected chi connectivity index (χ1v) is 12.2. The molecule has 0 aliphatic rings. The van der Waals surface area contributed by atoms with Gasteiger partial charge in [0, 0.05) is 37.9 Å². The van der Waals surface area contributed by atoms with Gasteiger partial charge in [-0.05, 0) is 66.2 Å². The van der Waals surface area contributed by atoms with E-state index in [1.165, 1.54) is 28.9 Å². The fourth-order valence-electron chi connectivity index (χ4n) is 4.44. The number of ether oxygens (including phenoxy) is 1. The maximum atomic E-state index is 16.1. The standard InChI is InChI=1S/C29H22Cl2FN3O2/c1-16-26(22-12-23(30)15-24(31)13-22)34-35(28(32)17-3-5-18(6-4-17)29(33)36)27(16)21-8-7-20-14-25(37-2)10-9-19(20)11-21/h3-15,28H,1-2H3,(H2,33,36). The number of fused-ring (bicyclic) bond motifs is 1. The SMILES string of the molecule is COc1ccc2cc(-c3c(C)c(-c4cc(Cl)cc(Cl)c4)nn3C(F)c3ccc(C(N)=O)cc3)ccc2c1. The molecule has 0 aliphatic carbocycles. The minimum atomic E-state index is -1.63. The highest BCUT2D eigenvalue weighted by Gasteiger charge is 2.24. The van der Waals surface area contributed by atoms with Crippen LogP contribution in [0.4, 0.5) is 4.39 Å². The Labute approximate surface area is 223 Å². The van der Waals surface area contributed by atoms with Crippen molar-refractivity contribution < 1.29 is 13.9 Å². The maximum absolute atomic E-state index is 16.1. The summed E-state index contributed by atoms with van der Waals surface area (Å²) in [7, 11) is 1.62. The lowest BCUT2D eigenvalue weighted by Crippen LogP contribution is -2.12. The second-order valence-corrected chi connectivity index (χ2v) is 9.55. The number of alkyl halides is 1. The van der Waals surface area contributed by atoms with Gasteiger partial charge >= 0.3 is 0 Å². The van der Waals surface area contributed by atoms with Crippen molar-refractivity contribution in [1.82, 2.24) is 9.78 Å². The van der Waals surface area contributed by atoms with Gasteiger partial charge in [0.25, 0.3) is 0 Å². The molecule has 1 heterocycles. The molecule has 8 heteroatoms. The monoisotopic (exact) mass is 533 g/mol. The Bertz CT molecular complexity index is 1630. The summed E-state index contributed by atoms with van der Waals surface area (Å²) < 4.78 is 22.8. The molecule has 4 aromatic carbocycles. The molecule has 0 radical (unpaired) electrons. The van der Waals surface area contributed by atoms with E-state index in [1.807, 2.05) is 43.3 Å². The van der Waals surface area contributed by atoms with Crippen LogP contribution in [0.2, 0.25) is 10.0 Å². The molecule has 1 atom stereocenters. The zero-order chi connectivity index (χ0) is 26.3. The van der Waals surface area contributed by atoms with E-state index >= 15 is 4.39 Å². The van der Waals surface area contributed by atoms with Crippen molar-refractivity contribution in [1.29, 1.82) is 0 Å². The first-order chi connectivity index (χ1) is 17.7. The van der Waals surface area contributed by atoms with E-state index in [-0.39, 0.29) is 0 Å². The minimum Gasteiger partial charge on any atom is -0.497 e. The van der Waals surface area contributed by atoms with Crippen LogP contribution < -0.4 is 10.5 Å². The third-order valence-electron chi connectivity index (χ3n) is 6.29. The highest BCUT2D eigenvalue weighted by molar-refractivity contribution is 6.35. The van der Waals surface area contributed by atoms with E-state index < -0.39 is 12.2 Å². The van der Waals surface area contributed by atoms with Crippen LogP contribution in [0.15, 0.2) is 78.9 Å². The highest BCUT2D eigenvalue weighted by atomic mass is 35.5. The summed E-state index contributed by atoms with van der Waals surface area (Å²) >= 11 is 12.5. The average molecular weight is 534 g/mol. The third-order valence-corrected chi connectivity index (χ3v) is 6.73. The summed E-state index contributed by atoms with van der Waals surface area (Å²) in [6.07, 6.45) is -1.63. The van der Waals surface area contributed by atoms with Crippen LogP contribution in [-0.2, 0) is 0 Å². The molecule has 0 aliphatic heterocycles. The zero-order valence-electron chi connectivity index (χ0n) is 20.0. The van der Waals surface area contributed by atoms with Gasteiger partial charge in [-0.1, -0.05) is 53.5 Å². The molecule has 5 rings (SSSR count). The Morgan fingerprint density at radius 1 is 0.919 bits per heavy atom. The average Bonchev–Trinajstić information content (AvgIpc) is 3.24. The van der Waals surface area contributed by atoms with Crippen molar-refractivity contribution >= 4 is 39.9 Å². The van der Waals surface area contributed by atoms with Crippen molar-refractivity contribution in [3.8, 4) is 28.3 Å². The van der Waals surface area contributed by atoms with E-state index in [1.54, 1.807) is 25.3 Å². The smallest absolute Gasteiger partial charge is 0.248 e. The lowest BCUT2D eigenvalue weighted by molar-refractivity contribution is 0.1000. The molecule has 0 saturated carbocycles. The Kier molecular flexibility index (Phi) is 6.63. The molecule has 37 heavy (non-hydrogen) atoms. The van der Waals surface area contributed by atoms with Crippen LogP contribution in [0.3, 0.4) is 0 Å². The molecule has 0 spiro atoms. The number of nitrogens with zero attached hydrogens (tertiary/aromatic N) is 2. The summed E-state index contributed by atoms with van der Waals surface area (Å²) in [6, 6.07) is 22.9. The molecule has 1 aromatic heterocycles. The number of halogens is 3. The number of hydrogen-bond acceptors (Lipinski definition) is 3. The molecule has 0 saturated heterocycles. The van der Waals surface area contributed by atoms with Crippen LogP contribution >= 0.6 is 23.2 Å². The lowest BCUT2D eigenvalue weighted by Gasteiger charge is -2.15. The van der Waals surface area contributed by atoms with Gasteiger partial charge in [-0.2, -0.15) is 5.10 Å². The van der Waals surface area contributed by atoms with Crippen LogP contribution in [-0.4, -0.2) is 22.8 Å². The summed E-state index contributed by atoms with van der Waals surface area (Å²) in [4.78, 5) is 11.5. The van der Waals surface area contributed by atoms with E-state index in [4.69, 9.17) is 38.8 Å². The van der Waals surface area contributed by atoms with Crippen LogP contribution in [0.5, 0.6) is 5.75 Å². The number of carbonyl (C=O) groups excluding carboxylic acids is 1. The van der Waals surface area contributed by atoms with Gasteiger partial charge in [-0.15, -0.1) is 0 Å². The number of hydrogen-bond donors (Lipinski definition) is 1. The van der Waals surface area contributed by atoms with Gasteiger partial charge < -0.3 is 10.5 Å². The number of methoxy groups -OCH3 is 1. The molecule has 1 unspecified atom stereocenters. The van der Waals surface area contributed by atoms with Crippen molar-refractivity contribution in [2.75, 3.05) is 7.11 Å². The van der Waals surface area contributed by atoms with Crippen molar-refractivity contribution in [3.05, 3.63) is 106 Å². The van der Waals surface area contributed by atoms with Crippen LogP contribution in [0.25, 0.3) is 33.3 Å². The lowest BCUT2D eigenvalue weighted by atomic mass is 10.00. The first kappa shape index (κ1) is 24.8. The molecular weight excluding hydrogens is 512 g/mol. The Morgan fingerprint density at radius 3 is 2.22 bits per heavy atom. The summed E-state index contributed by atoms with van der Waals surface area (Å²) in [6.45, 7) is 1.89. The predicted molar refractivity (Wildman–Crippen MR) is 146 cm³/mol. The number of benzene rings is 4. The number of primary amides is 1. The number of amides is 1. The number of aromatic nitrogens is 2. The number of rotatable bonds is 6. The van der Waals surface area contributed by atoms with Crippen LogP contribution in [0.1, 0.15) is 27.8 Å². The van der Waals surface area contributed by atoms with E-state index in [0.717, 1.165) is 27.6 Å². The van der Waals surface area contributed by atoms with Gasteiger partial charge in [0.2, 0.25) is 12.2 Å². The Morgan fingerprint density at radius 2 is 1.57 bits per heavy atom. The minimum absolute atomic E-state index is 0.298. The van der Waals surface area contributed by atoms with Crippen molar-refractivity contribution in [2.45, 2.75) is 13.2 Å². The second-order valence-electron chi connectivity index (χ2n) is 8.67. The normalized spacial score (nSPS) is 12.0. The Hall–Kier alpha value is -3.87. The largest absolute Gasteiger partial charge is 0.497 e. The molecule has 0 bridgehead atoms. The fourth-order valence-corrected chi connectivity index (χ4v) is 4.97. The zero-order valence-corrected chi connectivity index (χ0v) is 21.5. The third kappa shape index (κ3) is 4.78. The van der Waals surface area contributed by atoms with Gasteiger partial charge in [-0.3, -0.25) is 4.79 Å². The molecular formula is C29H22Cl2FN3O2. The Balaban J connectivity index is 1.70. The summed E-state index contributed by atoms with van der Waals surface area (Å²) in [5.41, 5.74) is 9.38. The van der Waals surface area contributed by atoms with Crippen molar-refractivity contribution in [2.24, 2.45) is 5.73 Å². The molecule has 186 valence electrons.